The van der Waals surface area contributed by atoms with Crippen LogP contribution in [0.2, 0.25) is 5.02 Å². The average Bonchev–Trinajstić information content (AvgIpc) is 2.20. The number of benzene rings is 1. The van der Waals surface area contributed by atoms with Crippen LogP contribution in [0.15, 0.2) is 23.3 Å². The summed E-state index contributed by atoms with van der Waals surface area (Å²) in [5.74, 6) is -0.227. The third-order valence-electron chi connectivity index (χ3n) is 1.75. The number of hydrogen-bond acceptors (Lipinski definition) is 2. The van der Waals surface area contributed by atoms with Gasteiger partial charge in [0, 0.05) is 24.7 Å². The van der Waals surface area contributed by atoms with Gasteiger partial charge >= 0.3 is 0 Å². The molecule has 78 valence electrons. The van der Waals surface area contributed by atoms with E-state index in [4.69, 9.17) is 17.1 Å². The smallest absolute Gasteiger partial charge is 0.254 e. The molecule has 0 radical (unpaired) electrons. The summed E-state index contributed by atoms with van der Waals surface area (Å²) in [7, 11) is 3.25. The van der Waals surface area contributed by atoms with Crippen LogP contribution in [0.1, 0.15) is 10.4 Å². The van der Waals surface area contributed by atoms with Crippen LogP contribution in [-0.2, 0) is 0 Å². The molecule has 5 nitrogen and oxygen atoms in total. The maximum atomic E-state index is 11.6. The van der Waals surface area contributed by atoms with E-state index in [0.717, 1.165) is 0 Å². The Kier molecular flexibility index (Phi) is 3.55. The van der Waals surface area contributed by atoms with E-state index in [1.807, 2.05) is 0 Å². The van der Waals surface area contributed by atoms with Crippen LogP contribution in [-0.4, -0.2) is 24.9 Å². The maximum Gasteiger partial charge on any atom is 0.254 e. The van der Waals surface area contributed by atoms with Gasteiger partial charge in [-0.15, -0.1) is 0 Å². The highest BCUT2D eigenvalue weighted by molar-refractivity contribution is 6.33. The molecule has 0 heterocycles. The van der Waals surface area contributed by atoms with Crippen molar-refractivity contribution in [2.75, 3.05) is 14.1 Å². The normalized spacial score (nSPS) is 9.27. The molecule has 0 atom stereocenters. The number of carbonyl (C=O) groups excluding carboxylic acids is 1. The van der Waals surface area contributed by atoms with Crippen molar-refractivity contribution in [2.45, 2.75) is 0 Å². The highest BCUT2D eigenvalue weighted by Crippen LogP contribution is 2.23. The molecule has 1 aromatic rings. The van der Waals surface area contributed by atoms with Gasteiger partial charge in [0.05, 0.1) is 10.6 Å². The summed E-state index contributed by atoms with van der Waals surface area (Å²) in [6.07, 6.45) is 0. The van der Waals surface area contributed by atoms with Crippen LogP contribution in [0.4, 0.5) is 5.69 Å². The number of rotatable bonds is 2. The molecule has 15 heavy (non-hydrogen) atoms. The van der Waals surface area contributed by atoms with E-state index >= 15 is 0 Å². The molecule has 0 bridgehead atoms. The molecule has 0 fully saturated rings. The molecule has 0 aliphatic rings. The van der Waals surface area contributed by atoms with E-state index in [1.165, 1.54) is 17.0 Å². The largest absolute Gasteiger partial charge is 0.345 e. The lowest BCUT2D eigenvalue weighted by atomic mass is 10.2. The molecular formula is C9H9ClN4O. The van der Waals surface area contributed by atoms with E-state index in [-0.39, 0.29) is 5.91 Å². The first-order chi connectivity index (χ1) is 7.06. The zero-order valence-corrected chi connectivity index (χ0v) is 9.06. The van der Waals surface area contributed by atoms with Crippen molar-refractivity contribution in [2.24, 2.45) is 5.11 Å². The molecule has 0 saturated heterocycles. The molecule has 0 saturated carbocycles. The molecular weight excluding hydrogens is 216 g/mol. The predicted molar refractivity (Wildman–Crippen MR) is 58.3 cm³/mol. The lowest BCUT2D eigenvalue weighted by Crippen LogP contribution is -2.21. The van der Waals surface area contributed by atoms with Crippen molar-refractivity contribution in [1.29, 1.82) is 0 Å². The van der Waals surface area contributed by atoms with Crippen molar-refractivity contribution < 1.29 is 4.79 Å². The topological polar surface area (TPSA) is 69.1 Å². The van der Waals surface area contributed by atoms with Crippen molar-refractivity contribution >= 4 is 23.2 Å². The predicted octanol–water partition coefficient (Wildman–Crippen LogP) is 2.98. The van der Waals surface area contributed by atoms with E-state index in [2.05, 4.69) is 10.0 Å². The third kappa shape index (κ3) is 2.62. The van der Waals surface area contributed by atoms with Gasteiger partial charge in [-0.3, -0.25) is 4.79 Å². The zero-order valence-electron chi connectivity index (χ0n) is 8.31. The molecule has 0 aliphatic carbocycles. The van der Waals surface area contributed by atoms with Crippen LogP contribution in [0.25, 0.3) is 10.4 Å². The van der Waals surface area contributed by atoms with Crippen LogP contribution in [0.3, 0.4) is 0 Å². The van der Waals surface area contributed by atoms with Gasteiger partial charge in [0.2, 0.25) is 0 Å². The van der Waals surface area contributed by atoms with E-state index in [1.54, 1.807) is 20.2 Å². The van der Waals surface area contributed by atoms with Gasteiger partial charge < -0.3 is 4.90 Å². The second kappa shape index (κ2) is 4.68. The summed E-state index contributed by atoms with van der Waals surface area (Å²) in [5, 5.41) is 3.74. The lowest BCUT2D eigenvalue weighted by molar-refractivity contribution is 0.0828. The summed E-state index contributed by atoms with van der Waals surface area (Å²) in [6, 6.07) is 4.54. The van der Waals surface area contributed by atoms with E-state index in [9.17, 15) is 4.79 Å². The molecule has 1 aromatic carbocycles. The van der Waals surface area contributed by atoms with Crippen LogP contribution < -0.4 is 0 Å². The molecule has 0 aliphatic heterocycles. The van der Waals surface area contributed by atoms with Gasteiger partial charge in [-0.2, -0.15) is 0 Å². The minimum Gasteiger partial charge on any atom is -0.345 e. The van der Waals surface area contributed by atoms with Crippen LogP contribution in [0.5, 0.6) is 0 Å². The van der Waals surface area contributed by atoms with Crippen LogP contribution in [0, 0.1) is 0 Å². The van der Waals surface area contributed by atoms with Gasteiger partial charge in [-0.25, -0.2) is 0 Å². The first-order valence-electron chi connectivity index (χ1n) is 4.12. The molecule has 0 aromatic heterocycles. The van der Waals surface area contributed by atoms with Gasteiger partial charge in [0.15, 0.2) is 0 Å². The average molecular weight is 225 g/mol. The number of hydrogen-bond donors (Lipinski definition) is 0. The Hall–Kier alpha value is -1.71. The standard InChI is InChI=1S/C9H9ClN4O/c1-14(2)9(15)7-5-6(12-13-11)3-4-8(7)10/h3-5H,1-2H3. The number of halogens is 1. The Balaban J connectivity index is 3.21. The minimum atomic E-state index is -0.227. The second-order valence-corrected chi connectivity index (χ2v) is 3.46. The van der Waals surface area contributed by atoms with Gasteiger partial charge in [0.1, 0.15) is 0 Å². The second-order valence-electron chi connectivity index (χ2n) is 3.05. The third-order valence-corrected chi connectivity index (χ3v) is 2.08. The summed E-state index contributed by atoms with van der Waals surface area (Å²) >= 11 is 5.85. The first-order valence-corrected chi connectivity index (χ1v) is 4.50. The summed E-state index contributed by atoms with van der Waals surface area (Å²) in [4.78, 5) is 15.7. The van der Waals surface area contributed by atoms with Crippen molar-refractivity contribution in [1.82, 2.24) is 4.90 Å². The van der Waals surface area contributed by atoms with Gasteiger partial charge in [0.25, 0.3) is 5.91 Å². The molecule has 0 N–H and O–H groups in total. The van der Waals surface area contributed by atoms with E-state index < -0.39 is 0 Å². The molecule has 0 spiro atoms. The monoisotopic (exact) mass is 224 g/mol. The Morgan fingerprint density at radius 3 is 2.73 bits per heavy atom. The van der Waals surface area contributed by atoms with Gasteiger partial charge in [-0.1, -0.05) is 22.8 Å². The first kappa shape index (κ1) is 11.4. The molecule has 6 heteroatoms. The number of nitrogens with zero attached hydrogens (tertiary/aromatic N) is 4. The fraction of sp³-hybridized carbons (Fsp3) is 0.222. The van der Waals surface area contributed by atoms with E-state index in [0.29, 0.717) is 16.3 Å². The zero-order chi connectivity index (χ0) is 11.4. The Labute approximate surface area is 91.9 Å². The maximum absolute atomic E-state index is 11.6. The number of azide groups is 1. The van der Waals surface area contributed by atoms with Crippen LogP contribution >= 0.6 is 11.6 Å². The summed E-state index contributed by atoms with van der Waals surface area (Å²) in [6.45, 7) is 0. The van der Waals surface area contributed by atoms with Gasteiger partial charge in [-0.05, 0) is 17.7 Å². The summed E-state index contributed by atoms with van der Waals surface area (Å²) < 4.78 is 0. The Bertz CT molecular complexity index is 438. The lowest BCUT2D eigenvalue weighted by Gasteiger charge is -2.11. The number of carbonyl (C=O) groups is 1. The fourth-order valence-corrected chi connectivity index (χ4v) is 1.23. The van der Waals surface area contributed by atoms with Crippen molar-refractivity contribution in [3.63, 3.8) is 0 Å². The Morgan fingerprint density at radius 1 is 1.53 bits per heavy atom. The molecule has 0 unspecified atom stereocenters. The fourth-order valence-electron chi connectivity index (χ4n) is 1.03. The SMILES string of the molecule is CN(C)C(=O)c1cc(N=[N+]=[N-])ccc1Cl. The Morgan fingerprint density at radius 2 is 2.20 bits per heavy atom. The molecule has 1 amide bonds. The van der Waals surface area contributed by atoms with Crippen molar-refractivity contribution in [3.8, 4) is 0 Å². The number of amides is 1. The van der Waals surface area contributed by atoms with Crippen molar-refractivity contribution in [3.05, 3.63) is 39.2 Å². The minimum absolute atomic E-state index is 0.227. The highest BCUT2D eigenvalue weighted by Gasteiger charge is 2.12. The summed E-state index contributed by atoms with van der Waals surface area (Å²) in [5.41, 5.74) is 8.95. The molecule has 1 rings (SSSR count). The highest BCUT2D eigenvalue weighted by atomic mass is 35.5. The quantitative estimate of drug-likeness (QED) is 0.433.